The van der Waals surface area contributed by atoms with E-state index in [-0.39, 0.29) is 6.61 Å². The highest BCUT2D eigenvalue weighted by Gasteiger charge is 2.03. The monoisotopic (exact) mass is 280 g/mol. The van der Waals surface area contributed by atoms with Crippen LogP contribution in [0.2, 0.25) is 5.02 Å². The van der Waals surface area contributed by atoms with Crippen molar-refractivity contribution in [1.82, 2.24) is 9.97 Å². The van der Waals surface area contributed by atoms with Gasteiger partial charge in [0.2, 0.25) is 0 Å². The third-order valence-electron chi connectivity index (χ3n) is 2.30. The highest BCUT2D eigenvalue weighted by molar-refractivity contribution is 7.98. The van der Waals surface area contributed by atoms with E-state index >= 15 is 0 Å². The van der Waals surface area contributed by atoms with Gasteiger partial charge in [0.05, 0.1) is 18.1 Å². The molecule has 0 spiro atoms. The van der Waals surface area contributed by atoms with Crippen molar-refractivity contribution in [1.29, 1.82) is 0 Å². The van der Waals surface area contributed by atoms with Crippen LogP contribution < -0.4 is 0 Å². The van der Waals surface area contributed by atoms with Crippen molar-refractivity contribution in [3.8, 4) is 0 Å². The normalized spacial score (nSPS) is 10.6. The molecule has 0 aliphatic rings. The van der Waals surface area contributed by atoms with Gasteiger partial charge in [-0.3, -0.25) is 0 Å². The van der Waals surface area contributed by atoms with Crippen LogP contribution in [-0.4, -0.2) is 15.1 Å². The third-order valence-corrected chi connectivity index (χ3v) is 3.56. The van der Waals surface area contributed by atoms with Crippen LogP contribution in [0.1, 0.15) is 17.2 Å². The summed E-state index contributed by atoms with van der Waals surface area (Å²) in [6, 6.07) is 9.45. The molecule has 1 heterocycles. The molecule has 5 heteroatoms. The van der Waals surface area contributed by atoms with E-state index in [0.717, 1.165) is 21.4 Å². The van der Waals surface area contributed by atoms with Crippen LogP contribution in [0.25, 0.3) is 0 Å². The SMILES string of the molecule is Cc1cc(CO)nc(CSc2ccc(Cl)cc2)n1. The van der Waals surface area contributed by atoms with Gasteiger partial charge in [0.25, 0.3) is 0 Å². The number of nitrogens with zero attached hydrogens (tertiary/aromatic N) is 2. The Morgan fingerprint density at radius 3 is 2.61 bits per heavy atom. The van der Waals surface area contributed by atoms with Crippen LogP contribution in [-0.2, 0) is 12.4 Å². The minimum Gasteiger partial charge on any atom is -0.390 e. The van der Waals surface area contributed by atoms with Gasteiger partial charge >= 0.3 is 0 Å². The summed E-state index contributed by atoms with van der Waals surface area (Å²) in [6.07, 6.45) is 0. The average Bonchev–Trinajstić information content (AvgIpc) is 2.37. The average molecular weight is 281 g/mol. The van der Waals surface area contributed by atoms with Gasteiger partial charge in [0.1, 0.15) is 5.82 Å². The van der Waals surface area contributed by atoms with Crippen LogP contribution in [0, 0.1) is 6.92 Å². The topological polar surface area (TPSA) is 46.0 Å². The molecule has 0 radical (unpaired) electrons. The summed E-state index contributed by atoms with van der Waals surface area (Å²) in [7, 11) is 0. The number of hydrogen-bond donors (Lipinski definition) is 1. The number of rotatable bonds is 4. The molecule has 0 aliphatic carbocycles. The van der Waals surface area contributed by atoms with Gasteiger partial charge in [0, 0.05) is 15.6 Å². The lowest BCUT2D eigenvalue weighted by molar-refractivity contribution is 0.276. The molecule has 0 aliphatic heterocycles. The highest BCUT2D eigenvalue weighted by atomic mass is 35.5. The van der Waals surface area contributed by atoms with E-state index in [4.69, 9.17) is 16.7 Å². The first-order valence-corrected chi connectivity index (χ1v) is 6.86. The van der Waals surface area contributed by atoms with Gasteiger partial charge in [-0.05, 0) is 37.3 Å². The first-order valence-electron chi connectivity index (χ1n) is 5.50. The predicted molar refractivity (Wildman–Crippen MR) is 73.7 cm³/mol. The van der Waals surface area contributed by atoms with E-state index in [1.54, 1.807) is 17.8 Å². The Labute approximate surface area is 115 Å². The van der Waals surface area contributed by atoms with Gasteiger partial charge in [-0.25, -0.2) is 9.97 Å². The maximum Gasteiger partial charge on any atom is 0.139 e. The maximum absolute atomic E-state index is 9.09. The molecule has 0 fully saturated rings. The molecule has 2 rings (SSSR count). The molecule has 0 saturated carbocycles. The number of aliphatic hydroxyl groups excluding tert-OH is 1. The smallest absolute Gasteiger partial charge is 0.139 e. The second-order valence-corrected chi connectivity index (χ2v) is 5.30. The van der Waals surface area contributed by atoms with Crippen molar-refractivity contribution in [3.05, 3.63) is 52.6 Å². The summed E-state index contributed by atoms with van der Waals surface area (Å²) in [5.74, 6) is 1.41. The van der Waals surface area contributed by atoms with Crippen LogP contribution >= 0.6 is 23.4 Å². The van der Waals surface area contributed by atoms with Gasteiger partial charge in [-0.15, -0.1) is 11.8 Å². The Bertz CT molecular complexity index is 531. The van der Waals surface area contributed by atoms with Gasteiger partial charge in [-0.2, -0.15) is 0 Å². The summed E-state index contributed by atoms with van der Waals surface area (Å²) in [4.78, 5) is 9.74. The Hall–Kier alpha value is -1.10. The van der Waals surface area contributed by atoms with Gasteiger partial charge in [0.15, 0.2) is 0 Å². The lowest BCUT2D eigenvalue weighted by atomic mass is 10.3. The Morgan fingerprint density at radius 2 is 1.94 bits per heavy atom. The van der Waals surface area contributed by atoms with Crippen LogP contribution in [0.4, 0.5) is 0 Å². The van der Waals surface area contributed by atoms with Crippen LogP contribution in [0.3, 0.4) is 0 Å². The fourth-order valence-electron chi connectivity index (χ4n) is 1.52. The number of aryl methyl sites for hydroxylation is 1. The number of hydrogen-bond acceptors (Lipinski definition) is 4. The first-order chi connectivity index (χ1) is 8.67. The van der Waals surface area contributed by atoms with E-state index in [1.165, 1.54) is 0 Å². The number of thioether (sulfide) groups is 1. The van der Waals surface area contributed by atoms with Crippen molar-refractivity contribution in [3.63, 3.8) is 0 Å². The fraction of sp³-hybridized carbons (Fsp3) is 0.231. The molecule has 18 heavy (non-hydrogen) atoms. The molecule has 0 unspecified atom stereocenters. The summed E-state index contributed by atoms with van der Waals surface area (Å²) in [6.45, 7) is 1.85. The van der Waals surface area contributed by atoms with Crippen LogP contribution in [0.5, 0.6) is 0 Å². The lowest BCUT2D eigenvalue weighted by Crippen LogP contribution is -2.00. The first kappa shape index (κ1) is 13.3. The van der Waals surface area contributed by atoms with Crippen molar-refractivity contribution in [2.45, 2.75) is 24.2 Å². The second kappa shape index (κ2) is 6.18. The molecule has 0 amide bonds. The molecule has 1 aromatic heterocycles. The molecule has 1 aromatic carbocycles. The van der Waals surface area contributed by atoms with E-state index in [2.05, 4.69) is 9.97 Å². The molecule has 0 atom stereocenters. The minimum absolute atomic E-state index is 0.0536. The molecule has 94 valence electrons. The number of aliphatic hydroxyl groups is 1. The van der Waals surface area contributed by atoms with Crippen molar-refractivity contribution >= 4 is 23.4 Å². The van der Waals surface area contributed by atoms with Crippen molar-refractivity contribution in [2.24, 2.45) is 0 Å². The van der Waals surface area contributed by atoms with Crippen molar-refractivity contribution < 1.29 is 5.11 Å². The van der Waals surface area contributed by atoms with E-state index in [1.807, 2.05) is 31.2 Å². The third kappa shape index (κ3) is 3.70. The van der Waals surface area contributed by atoms with E-state index in [9.17, 15) is 0 Å². The van der Waals surface area contributed by atoms with Crippen LogP contribution in [0.15, 0.2) is 35.2 Å². The predicted octanol–water partition coefficient (Wildman–Crippen LogP) is 3.22. The van der Waals surface area contributed by atoms with Gasteiger partial charge < -0.3 is 5.11 Å². The highest BCUT2D eigenvalue weighted by Crippen LogP contribution is 2.23. The van der Waals surface area contributed by atoms with Crippen molar-refractivity contribution in [2.75, 3.05) is 0 Å². The van der Waals surface area contributed by atoms with Gasteiger partial charge in [-0.1, -0.05) is 11.6 Å². The molecular formula is C13H13ClN2OS. The molecular weight excluding hydrogens is 268 g/mol. The number of halogens is 1. The largest absolute Gasteiger partial charge is 0.390 e. The van der Waals surface area contributed by atoms with E-state index in [0.29, 0.717) is 11.4 Å². The molecule has 2 aromatic rings. The zero-order valence-electron chi connectivity index (χ0n) is 9.93. The molecule has 0 saturated heterocycles. The number of benzene rings is 1. The molecule has 1 N–H and O–H groups in total. The molecule has 3 nitrogen and oxygen atoms in total. The summed E-state index contributed by atoms with van der Waals surface area (Å²) in [5, 5.41) is 9.82. The zero-order chi connectivity index (χ0) is 13.0. The summed E-state index contributed by atoms with van der Waals surface area (Å²) < 4.78 is 0. The minimum atomic E-state index is -0.0536. The lowest BCUT2D eigenvalue weighted by Gasteiger charge is -2.04. The molecule has 0 bridgehead atoms. The fourth-order valence-corrected chi connectivity index (χ4v) is 2.40. The second-order valence-electron chi connectivity index (χ2n) is 3.82. The summed E-state index contributed by atoms with van der Waals surface area (Å²) >= 11 is 7.47. The maximum atomic E-state index is 9.09. The number of aromatic nitrogens is 2. The standard InChI is InChI=1S/C13H13ClN2OS/c1-9-6-11(7-17)16-13(15-9)8-18-12-4-2-10(14)3-5-12/h2-6,17H,7-8H2,1H3. The van der Waals surface area contributed by atoms with E-state index < -0.39 is 0 Å². The quantitative estimate of drug-likeness (QED) is 0.874. The Balaban J connectivity index is 2.05. The Morgan fingerprint density at radius 1 is 1.22 bits per heavy atom. The zero-order valence-corrected chi connectivity index (χ0v) is 11.5. The summed E-state index contributed by atoms with van der Waals surface area (Å²) in [5.41, 5.74) is 1.54. The Kier molecular flexibility index (Phi) is 4.58.